The highest BCUT2D eigenvalue weighted by molar-refractivity contribution is 5.94. The summed E-state index contributed by atoms with van der Waals surface area (Å²) in [6.07, 6.45) is 2.54. The van der Waals surface area contributed by atoms with Crippen LogP contribution in [0.3, 0.4) is 0 Å². The number of H-pyrrole nitrogens is 1. The van der Waals surface area contributed by atoms with Gasteiger partial charge in [-0.1, -0.05) is 0 Å². The molecule has 2 heterocycles. The van der Waals surface area contributed by atoms with Crippen molar-refractivity contribution >= 4 is 5.91 Å². The lowest BCUT2D eigenvalue weighted by Crippen LogP contribution is -2.33. The molecular formula is C16H19N3O3. The second kappa shape index (κ2) is 6.19. The fourth-order valence-corrected chi connectivity index (χ4v) is 2.63. The van der Waals surface area contributed by atoms with Gasteiger partial charge in [-0.15, -0.1) is 0 Å². The predicted molar refractivity (Wildman–Crippen MR) is 80.8 cm³/mol. The van der Waals surface area contributed by atoms with Gasteiger partial charge in [0.05, 0.1) is 31.6 Å². The molecule has 6 heteroatoms. The van der Waals surface area contributed by atoms with E-state index in [2.05, 4.69) is 9.97 Å². The topological polar surface area (TPSA) is 78.4 Å². The van der Waals surface area contributed by atoms with E-state index in [0.29, 0.717) is 18.7 Å². The smallest absolute Gasteiger partial charge is 0.254 e. The molecular weight excluding hydrogens is 282 g/mol. The van der Waals surface area contributed by atoms with Gasteiger partial charge in [0, 0.05) is 18.5 Å². The molecule has 22 heavy (non-hydrogen) atoms. The third-order valence-corrected chi connectivity index (χ3v) is 3.71. The van der Waals surface area contributed by atoms with Crippen molar-refractivity contribution in [2.24, 2.45) is 0 Å². The number of fused-ring (bicyclic) bond motifs is 1. The number of aromatic amines is 1. The first-order chi connectivity index (χ1) is 10.7. The van der Waals surface area contributed by atoms with E-state index in [9.17, 15) is 9.90 Å². The van der Waals surface area contributed by atoms with Gasteiger partial charge in [-0.3, -0.25) is 4.79 Å². The molecule has 1 aromatic carbocycles. The standard InChI is InChI=1S/C16H19N3O3/c1-11-17-9-14(18-11)10-19(5-6-20)16(21)13-2-3-15-12(8-13)4-7-22-15/h2-3,8-9,20H,4-7,10H2,1H3,(H,17,18). The van der Waals surface area contributed by atoms with E-state index in [1.165, 1.54) is 0 Å². The molecule has 2 aromatic rings. The number of carbonyl (C=O) groups excluding carboxylic acids is 1. The molecule has 1 aliphatic heterocycles. The van der Waals surface area contributed by atoms with Crippen molar-refractivity contribution in [2.75, 3.05) is 19.8 Å². The number of ether oxygens (including phenoxy) is 1. The summed E-state index contributed by atoms with van der Waals surface area (Å²) in [7, 11) is 0. The summed E-state index contributed by atoms with van der Waals surface area (Å²) in [5.41, 5.74) is 2.53. The largest absolute Gasteiger partial charge is 0.493 e. The highest BCUT2D eigenvalue weighted by Gasteiger charge is 2.20. The van der Waals surface area contributed by atoms with Crippen LogP contribution in [0.1, 0.15) is 27.4 Å². The number of nitrogens with one attached hydrogen (secondary N) is 1. The summed E-state index contributed by atoms with van der Waals surface area (Å²) in [5.74, 6) is 1.56. The van der Waals surface area contributed by atoms with Crippen molar-refractivity contribution in [1.82, 2.24) is 14.9 Å². The number of hydrogen-bond acceptors (Lipinski definition) is 4. The van der Waals surface area contributed by atoms with Crippen molar-refractivity contribution in [1.29, 1.82) is 0 Å². The molecule has 0 saturated carbocycles. The Bertz CT molecular complexity index is 681. The maximum atomic E-state index is 12.7. The van der Waals surface area contributed by atoms with Crippen LogP contribution >= 0.6 is 0 Å². The van der Waals surface area contributed by atoms with E-state index in [1.807, 2.05) is 19.1 Å². The maximum absolute atomic E-state index is 12.7. The molecule has 0 radical (unpaired) electrons. The Balaban J connectivity index is 1.79. The Kier molecular flexibility index (Phi) is 4.11. The van der Waals surface area contributed by atoms with Crippen LogP contribution in [0.15, 0.2) is 24.4 Å². The van der Waals surface area contributed by atoms with Crippen molar-refractivity contribution in [3.8, 4) is 5.75 Å². The van der Waals surface area contributed by atoms with Crippen LogP contribution in [-0.4, -0.2) is 45.6 Å². The number of aliphatic hydroxyl groups excluding tert-OH is 1. The number of benzene rings is 1. The first-order valence-electron chi connectivity index (χ1n) is 7.33. The van der Waals surface area contributed by atoms with Gasteiger partial charge in [0.15, 0.2) is 0 Å². The average molecular weight is 301 g/mol. The normalized spacial score (nSPS) is 12.8. The van der Waals surface area contributed by atoms with Crippen LogP contribution in [0.5, 0.6) is 5.75 Å². The molecule has 0 fully saturated rings. The van der Waals surface area contributed by atoms with Gasteiger partial charge in [-0.25, -0.2) is 4.98 Å². The van der Waals surface area contributed by atoms with Crippen LogP contribution in [0.4, 0.5) is 0 Å². The van der Waals surface area contributed by atoms with Gasteiger partial charge in [0.2, 0.25) is 0 Å². The zero-order valence-electron chi connectivity index (χ0n) is 12.5. The monoisotopic (exact) mass is 301 g/mol. The third-order valence-electron chi connectivity index (χ3n) is 3.71. The van der Waals surface area contributed by atoms with E-state index in [4.69, 9.17) is 4.74 Å². The van der Waals surface area contributed by atoms with Crippen LogP contribution < -0.4 is 4.74 Å². The minimum absolute atomic E-state index is 0.0765. The van der Waals surface area contributed by atoms with E-state index in [0.717, 1.165) is 29.3 Å². The number of aliphatic hydroxyl groups is 1. The highest BCUT2D eigenvalue weighted by Crippen LogP contribution is 2.26. The Hall–Kier alpha value is -2.34. The molecule has 0 aliphatic carbocycles. The highest BCUT2D eigenvalue weighted by atomic mass is 16.5. The molecule has 116 valence electrons. The Morgan fingerprint density at radius 2 is 2.36 bits per heavy atom. The van der Waals surface area contributed by atoms with E-state index >= 15 is 0 Å². The molecule has 1 amide bonds. The van der Waals surface area contributed by atoms with E-state index in [-0.39, 0.29) is 19.1 Å². The second-order valence-electron chi connectivity index (χ2n) is 5.37. The minimum atomic E-state index is -0.101. The zero-order valence-corrected chi connectivity index (χ0v) is 12.5. The lowest BCUT2D eigenvalue weighted by molar-refractivity contribution is 0.0705. The first-order valence-corrected chi connectivity index (χ1v) is 7.33. The van der Waals surface area contributed by atoms with E-state index < -0.39 is 0 Å². The number of imidazole rings is 1. The van der Waals surface area contributed by atoms with Crippen molar-refractivity contribution in [2.45, 2.75) is 19.9 Å². The predicted octanol–water partition coefficient (Wildman–Crippen LogP) is 1.29. The first kappa shape index (κ1) is 14.6. The van der Waals surface area contributed by atoms with Crippen molar-refractivity contribution in [3.05, 3.63) is 47.0 Å². The Labute approximate surface area is 128 Å². The number of aryl methyl sites for hydroxylation is 1. The molecule has 0 saturated heterocycles. The summed E-state index contributed by atoms with van der Waals surface area (Å²) >= 11 is 0. The number of amides is 1. The van der Waals surface area contributed by atoms with Gasteiger partial charge in [-0.05, 0) is 30.7 Å². The fraction of sp³-hybridized carbons (Fsp3) is 0.375. The van der Waals surface area contributed by atoms with Gasteiger partial charge >= 0.3 is 0 Å². The van der Waals surface area contributed by atoms with Crippen LogP contribution in [-0.2, 0) is 13.0 Å². The summed E-state index contributed by atoms with van der Waals surface area (Å²) in [6.45, 7) is 3.13. The number of carbonyl (C=O) groups is 1. The Morgan fingerprint density at radius 3 is 3.09 bits per heavy atom. The maximum Gasteiger partial charge on any atom is 0.254 e. The molecule has 0 atom stereocenters. The summed E-state index contributed by atoms with van der Waals surface area (Å²) in [6, 6.07) is 5.50. The zero-order chi connectivity index (χ0) is 15.5. The summed E-state index contributed by atoms with van der Waals surface area (Å²) in [5, 5.41) is 9.23. The molecule has 0 spiro atoms. The lowest BCUT2D eigenvalue weighted by Gasteiger charge is -2.21. The third kappa shape index (κ3) is 2.96. The second-order valence-corrected chi connectivity index (χ2v) is 5.37. The number of rotatable bonds is 5. The summed E-state index contributed by atoms with van der Waals surface area (Å²) < 4.78 is 5.46. The molecule has 3 rings (SSSR count). The van der Waals surface area contributed by atoms with Crippen LogP contribution in [0.25, 0.3) is 0 Å². The van der Waals surface area contributed by atoms with Crippen molar-refractivity contribution in [3.63, 3.8) is 0 Å². The van der Waals surface area contributed by atoms with Gasteiger partial charge in [-0.2, -0.15) is 0 Å². The van der Waals surface area contributed by atoms with Crippen LogP contribution in [0.2, 0.25) is 0 Å². The molecule has 0 unspecified atom stereocenters. The Morgan fingerprint density at radius 1 is 1.50 bits per heavy atom. The number of nitrogens with zero attached hydrogens (tertiary/aromatic N) is 2. The van der Waals surface area contributed by atoms with Gasteiger partial charge < -0.3 is 19.7 Å². The number of hydrogen-bond donors (Lipinski definition) is 2. The van der Waals surface area contributed by atoms with Gasteiger partial charge in [0.25, 0.3) is 5.91 Å². The van der Waals surface area contributed by atoms with Crippen LogP contribution in [0, 0.1) is 6.92 Å². The number of aromatic nitrogens is 2. The SMILES string of the molecule is Cc1ncc(CN(CCO)C(=O)c2ccc3c(c2)CCO3)[nH]1. The van der Waals surface area contributed by atoms with E-state index in [1.54, 1.807) is 17.2 Å². The molecule has 6 nitrogen and oxygen atoms in total. The summed E-state index contributed by atoms with van der Waals surface area (Å²) in [4.78, 5) is 21.5. The molecule has 0 bridgehead atoms. The van der Waals surface area contributed by atoms with Crippen molar-refractivity contribution < 1.29 is 14.6 Å². The average Bonchev–Trinajstić information content (AvgIpc) is 3.14. The minimum Gasteiger partial charge on any atom is -0.493 e. The fourth-order valence-electron chi connectivity index (χ4n) is 2.63. The van der Waals surface area contributed by atoms with Gasteiger partial charge in [0.1, 0.15) is 11.6 Å². The lowest BCUT2D eigenvalue weighted by atomic mass is 10.1. The molecule has 2 N–H and O–H groups in total. The molecule has 1 aromatic heterocycles. The molecule has 1 aliphatic rings. The quantitative estimate of drug-likeness (QED) is 0.872.